The van der Waals surface area contributed by atoms with Gasteiger partial charge in [0.25, 0.3) is 0 Å². The van der Waals surface area contributed by atoms with Gasteiger partial charge >= 0.3 is 0 Å². The first kappa shape index (κ1) is 23.1. The van der Waals surface area contributed by atoms with Crippen LogP contribution in [0, 0.1) is 0 Å². The van der Waals surface area contributed by atoms with Gasteiger partial charge in [0.2, 0.25) is 15.9 Å². The maximum Gasteiger partial charge on any atom is 0.243 e. The number of halogens is 1. The van der Waals surface area contributed by atoms with Crippen molar-refractivity contribution in [1.29, 1.82) is 0 Å². The largest absolute Gasteiger partial charge is 0.347 e. The Morgan fingerprint density at radius 3 is 2.45 bits per heavy atom. The summed E-state index contributed by atoms with van der Waals surface area (Å²) in [6.07, 6.45) is 4.34. The number of nitrogens with zero attached hydrogens (tertiary/aromatic N) is 3. The summed E-state index contributed by atoms with van der Waals surface area (Å²) in [4.78, 5) is 17.5. The fourth-order valence-electron chi connectivity index (χ4n) is 2.97. The molecule has 0 aliphatic rings. The number of aryl methyl sites for hydroxylation is 1. The van der Waals surface area contributed by atoms with E-state index >= 15 is 0 Å². The number of pyridine rings is 1. The Morgan fingerprint density at radius 1 is 1.16 bits per heavy atom. The van der Waals surface area contributed by atoms with Crippen LogP contribution in [0.25, 0.3) is 0 Å². The molecule has 2 aromatic heterocycles. The molecule has 2 heterocycles. The summed E-state index contributed by atoms with van der Waals surface area (Å²) in [6, 6.07) is 12.3. The van der Waals surface area contributed by atoms with Crippen LogP contribution in [0.4, 0.5) is 0 Å². The first-order chi connectivity index (χ1) is 14.6. The minimum absolute atomic E-state index is 0.0123. The Balaban J connectivity index is 1.81. The Morgan fingerprint density at radius 2 is 1.87 bits per heavy atom. The maximum atomic E-state index is 13.2. The topological polar surface area (TPSA) is 106 Å². The van der Waals surface area contributed by atoms with Gasteiger partial charge in [-0.15, -0.1) is 0 Å². The van der Waals surface area contributed by atoms with Gasteiger partial charge in [0, 0.05) is 26.0 Å². The number of hydrogen-bond acceptors (Lipinski definition) is 5. The highest BCUT2D eigenvalue weighted by Gasteiger charge is 2.32. The molecule has 0 aliphatic heterocycles. The van der Waals surface area contributed by atoms with Crippen molar-refractivity contribution in [2.24, 2.45) is 7.05 Å². The molecular weight excluding hydrogens is 482 g/mol. The third-order valence-corrected chi connectivity index (χ3v) is 6.84. The highest BCUT2D eigenvalue weighted by molar-refractivity contribution is 9.10. The summed E-state index contributed by atoms with van der Waals surface area (Å²) >= 11 is 3.30. The summed E-state index contributed by atoms with van der Waals surface area (Å²) in [5.74, 6) is -0.244. The molecule has 2 N–H and O–H groups in total. The van der Waals surface area contributed by atoms with E-state index in [0.717, 1.165) is 11.1 Å². The number of benzene rings is 1. The van der Waals surface area contributed by atoms with Crippen LogP contribution < -0.4 is 10.0 Å². The summed E-state index contributed by atoms with van der Waals surface area (Å²) in [6.45, 7) is 3.59. The van der Waals surface area contributed by atoms with E-state index in [-0.39, 0.29) is 17.3 Å². The molecule has 3 rings (SSSR count). The van der Waals surface area contributed by atoms with Crippen LogP contribution in [0.2, 0.25) is 0 Å². The van der Waals surface area contributed by atoms with Crippen LogP contribution in [0.5, 0.6) is 0 Å². The number of aromatic nitrogens is 3. The Bertz CT molecular complexity index is 1150. The molecule has 0 saturated heterocycles. The minimum Gasteiger partial charge on any atom is -0.347 e. The summed E-state index contributed by atoms with van der Waals surface area (Å²) < 4.78 is 29.9. The molecule has 10 heteroatoms. The van der Waals surface area contributed by atoms with Crippen molar-refractivity contribution in [2.75, 3.05) is 6.54 Å². The maximum absolute atomic E-state index is 13.2. The normalized spacial score (nSPS) is 13.0. The molecule has 0 radical (unpaired) electrons. The quantitative estimate of drug-likeness (QED) is 0.457. The predicted molar refractivity (Wildman–Crippen MR) is 121 cm³/mol. The summed E-state index contributed by atoms with van der Waals surface area (Å²) in [5.41, 5.74) is 0.661. The molecule has 31 heavy (non-hydrogen) atoms. The van der Waals surface area contributed by atoms with E-state index in [1.165, 1.54) is 17.1 Å². The lowest BCUT2D eigenvalue weighted by Crippen LogP contribution is -2.45. The second kappa shape index (κ2) is 9.29. The number of carbonyl (C=O) groups is 1. The molecular formula is C21H24BrN5O3S. The van der Waals surface area contributed by atoms with Crippen LogP contribution in [-0.4, -0.2) is 35.6 Å². The van der Waals surface area contributed by atoms with Crippen LogP contribution in [-0.2, 0) is 27.3 Å². The molecule has 8 nitrogen and oxygen atoms in total. The first-order valence-corrected chi connectivity index (χ1v) is 11.8. The van der Waals surface area contributed by atoms with Crippen molar-refractivity contribution in [3.63, 3.8) is 0 Å². The van der Waals surface area contributed by atoms with Crippen molar-refractivity contribution >= 4 is 31.9 Å². The van der Waals surface area contributed by atoms with Gasteiger partial charge < -0.3 is 5.32 Å². The van der Waals surface area contributed by atoms with Gasteiger partial charge in [-0.2, -0.15) is 5.10 Å². The molecule has 1 amide bonds. The second-order valence-electron chi connectivity index (χ2n) is 7.63. The van der Waals surface area contributed by atoms with Crippen LogP contribution in [0.1, 0.15) is 31.0 Å². The molecule has 0 fully saturated rings. The number of amides is 1. The summed E-state index contributed by atoms with van der Waals surface area (Å²) in [7, 11) is -2.13. The predicted octanol–water partition coefficient (Wildman–Crippen LogP) is 2.69. The van der Waals surface area contributed by atoms with E-state index in [4.69, 9.17) is 0 Å². The van der Waals surface area contributed by atoms with E-state index in [0.29, 0.717) is 4.60 Å². The van der Waals surface area contributed by atoms with E-state index in [9.17, 15) is 13.2 Å². The van der Waals surface area contributed by atoms with Crippen LogP contribution >= 0.6 is 15.9 Å². The Labute approximate surface area is 190 Å². The van der Waals surface area contributed by atoms with E-state index in [1.54, 1.807) is 33.2 Å². The van der Waals surface area contributed by atoms with Gasteiger partial charge in [-0.25, -0.2) is 18.1 Å². The SMILES string of the molecule is Cn1cc(S(=O)(=O)NCC(NC(=O)C(C)(C)c2ccc(Br)nc2)c2ccccc2)cn1. The number of carbonyl (C=O) groups excluding carboxylic acids is 1. The van der Waals surface area contributed by atoms with Crippen molar-refractivity contribution in [2.45, 2.75) is 30.2 Å². The monoisotopic (exact) mass is 505 g/mol. The molecule has 0 aliphatic carbocycles. The number of nitrogens with one attached hydrogen (secondary N) is 2. The lowest BCUT2D eigenvalue weighted by atomic mass is 9.84. The molecule has 0 bridgehead atoms. The molecule has 0 spiro atoms. The molecule has 1 atom stereocenters. The molecule has 1 unspecified atom stereocenters. The first-order valence-electron chi connectivity index (χ1n) is 9.56. The summed E-state index contributed by atoms with van der Waals surface area (Å²) in [5, 5.41) is 6.90. The average Bonchev–Trinajstić information content (AvgIpc) is 3.19. The van der Waals surface area contributed by atoms with Crippen molar-refractivity contribution in [3.8, 4) is 0 Å². The van der Waals surface area contributed by atoms with Gasteiger partial charge in [-0.05, 0) is 47.0 Å². The van der Waals surface area contributed by atoms with Crippen molar-refractivity contribution in [3.05, 3.63) is 76.8 Å². The zero-order valence-electron chi connectivity index (χ0n) is 17.4. The van der Waals surface area contributed by atoms with Gasteiger partial charge in [-0.3, -0.25) is 9.48 Å². The van der Waals surface area contributed by atoms with Gasteiger partial charge in [-0.1, -0.05) is 36.4 Å². The Kier molecular flexibility index (Phi) is 6.93. The molecule has 3 aromatic rings. The van der Waals surface area contributed by atoms with Crippen molar-refractivity contribution in [1.82, 2.24) is 24.8 Å². The standard InChI is InChI=1S/C21H24BrN5O3S/c1-21(2,16-9-10-19(22)23-11-16)20(28)26-18(15-7-5-4-6-8-15)13-25-31(29,30)17-12-24-27(3)14-17/h4-12,14,18,25H,13H2,1-3H3,(H,26,28). The zero-order chi connectivity index (χ0) is 22.6. The third-order valence-electron chi connectivity index (χ3n) is 4.99. The molecule has 0 saturated carbocycles. The molecule has 1 aromatic carbocycles. The van der Waals surface area contributed by atoms with E-state index in [1.807, 2.05) is 36.4 Å². The lowest BCUT2D eigenvalue weighted by molar-refractivity contribution is -0.126. The van der Waals surface area contributed by atoms with Crippen LogP contribution in [0.3, 0.4) is 0 Å². The Hall–Kier alpha value is -2.56. The second-order valence-corrected chi connectivity index (χ2v) is 10.2. The zero-order valence-corrected chi connectivity index (χ0v) is 19.8. The van der Waals surface area contributed by atoms with Gasteiger partial charge in [0.15, 0.2) is 0 Å². The number of sulfonamides is 1. The number of rotatable bonds is 8. The third kappa shape index (κ3) is 5.57. The van der Waals surface area contributed by atoms with Gasteiger partial charge in [0.05, 0.1) is 17.7 Å². The lowest BCUT2D eigenvalue weighted by Gasteiger charge is -2.28. The minimum atomic E-state index is -3.77. The van der Waals surface area contributed by atoms with Gasteiger partial charge in [0.1, 0.15) is 9.50 Å². The van der Waals surface area contributed by atoms with Crippen LogP contribution in [0.15, 0.2) is 70.6 Å². The fourth-order valence-corrected chi connectivity index (χ4v) is 4.23. The average molecular weight is 506 g/mol. The number of hydrogen-bond donors (Lipinski definition) is 2. The van der Waals surface area contributed by atoms with Crippen molar-refractivity contribution < 1.29 is 13.2 Å². The highest BCUT2D eigenvalue weighted by atomic mass is 79.9. The van der Waals surface area contributed by atoms with E-state index in [2.05, 4.69) is 36.1 Å². The van der Waals surface area contributed by atoms with E-state index < -0.39 is 21.5 Å². The smallest absolute Gasteiger partial charge is 0.243 e. The molecule has 164 valence electrons. The highest BCUT2D eigenvalue weighted by Crippen LogP contribution is 2.25. The fraction of sp³-hybridized carbons (Fsp3) is 0.286.